The smallest absolute Gasteiger partial charge is 0.352 e. The van der Waals surface area contributed by atoms with Crippen molar-refractivity contribution in [3.8, 4) is 0 Å². The van der Waals surface area contributed by atoms with E-state index < -0.39 is 34.9 Å². The summed E-state index contributed by atoms with van der Waals surface area (Å²) in [4.78, 5) is 54.4. The van der Waals surface area contributed by atoms with Crippen LogP contribution in [0.5, 0.6) is 0 Å². The zero-order valence-electron chi connectivity index (χ0n) is 19.7. The predicted octanol–water partition coefficient (Wildman–Crippen LogP) is -0.574. The molecule has 194 valence electrons. The molecule has 2 aliphatic rings. The summed E-state index contributed by atoms with van der Waals surface area (Å²) in [6.45, 7) is 1.06. The van der Waals surface area contributed by atoms with Gasteiger partial charge in [0.15, 0.2) is 5.96 Å². The van der Waals surface area contributed by atoms with Crippen molar-refractivity contribution < 1.29 is 38.5 Å². The number of hydrogen-bond donors (Lipinski definition) is 4. The van der Waals surface area contributed by atoms with Crippen molar-refractivity contribution in [1.29, 1.82) is 0 Å². The molecule has 6 N–H and O–H groups in total. The maximum absolute atomic E-state index is 13.3. The van der Waals surface area contributed by atoms with Crippen molar-refractivity contribution in [2.75, 3.05) is 32.7 Å². The largest absolute Gasteiger partial charge is 0.477 e. The second-order valence-electron chi connectivity index (χ2n) is 7.88. The summed E-state index contributed by atoms with van der Waals surface area (Å²) >= 11 is 1.19. The van der Waals surface area contributed by atoms with Crippen molar-refractivity contribution in [1.82, 2.24) is 10.2 Å². The number of carbonyl (C=O) groups is 4. The fraction of sp³-hybridized carbons (Fsp3) is 0.409. The minimum atomic E-state index is -1.79. The molecule has 1 fully saturated rings. The highest BCUT2D eigenvalue weighted by atomic mass is 32.2. The zero-order chi connectivity index (χ0) is 26.5. The predicted molar refractivity (Wildman–Crippen MR) is 129 cm³/mol. The average Bonchev–Trinajstić information content (AvgIpc) is 2.82. The van der Waals surface area contributed by atoms with Crippen LogP contribution < -0.4 is 16.8 Å². The van der Waals surface area contributed by atoms with Crippen molar-refractivity contribution in [3.05, 3.63) is 41.1 Å². The number of carboxylic acids is 1. The quantitative estimate of drug-likeness (QED) is 0.0726. The first-order valence-corrected chi connectivity index (χ1v) is 11.8. The van der Waals surface area contributed by atoms with Crippen LogP contribution in [-0.4, -0.2) is 83.5 Å². The number of carboxylic acid groups (broad SMARTS) is 1. The van der Waals surface area contributed by atoms with Gasteiger partial charge in [0.2, 0.25) is 5.91 Å². The first kappa shape index (κ1) is 27.0. The first-order chi connectivity index (χ1) is 17.1. The van der Waals surface area contributed by atoms with Gasteiger partial charge in [-0.2, -0.15) is 0 Å². The second-order valence-corrected chi connectivity index (χ2v) is 8.95. The van der Waals surface area contributed by atoms with Gasteiger partial charge in [0.1, 0.15) is 17.7 Å². The van der Waals surface area contributed by atoms with Crippen LogP contribution in [0, 0.1) is 0 Å². The Morgan fingerprint density at radius 3 is 2.53 bits per heavy atom. The number of fused-ring (bicyclic) bond motifs is 1. The van der Waals surface area contributed by atoms with E-state index in [1.54, 1.807) is 24.3 Å². The molecule has 1 saturated heterocycles. The Balaban J connectivity index is 1.81. The number of carbonyl (C=O) groups excluding carboxylic acids is 3. The van der Waals surface area contributed by atoms with E-state index >= 15 is 0 Å². The number of benzene rings is 1. The van der Waals surface area contributed by atoms with Crippen LogP contribution in [0.3, 0.4) is 0 Å². The van der Waals surface area contributed by atoms with E-state index in [4.69, 9.17) is 25.7 Å². The van der Waals surface area contributed by atoms with Crippen LogP contribution in [0.2, 0.25) is 0 Å². The van der Waals surface area contributed by atoms with Crippen LogP contribution in [0.4, 0.5) is 5.69 Å². The highest BCUT2D eigenvalue weighted by Crippen LogP contribution is 2.47. The number of nitrogens with one attached hydrogen (secondary N) is 1. The van der Waals surface area contributed by atoms with E-state index in [-0.39, 0.29) is 49.2 Å². The molecule has 0 bridgehead atoms. The molecule has 1 aromatic carbocycles. The van der Waals surface area contributed by atoms with Crippen LogP contribution in [0.25, 0.3) is 0 Å². The number of hydrogen-bond acceptors (Lipinski definition) is 9. The number of ether oxygens (including phenoxy) is 3. The lowest BCUT2D eigenvalue weighted by atomic mass is 9.97. The first-order valence-electron chi connectivity index (χ1n) is 10.8. The van der Waals surface area contributed by atoms with Gasteiger partial charge in [0.05, 0.1) is 25.3 Å². The Labute approximate surface area is 210 Å². The van der Waals surface area contributed by atoms with Gasteiger partial charge >= 0.3 is 11.9 Å². The molecule has 0 aliphatic carbocycles. The van der Waals surface area contributed by atoms with E-state index in [9.17, 15) is 24.3 Å². The molecular weight excluding hydrogens is 494 g/mol. The van der Waals surface area contributed by atoms with Crippen LogP contribution in [0.15, 0.2) is 40.5 Å². The third-order valence-corrected chi connectivity index (χ3v) is 6.64. The third-order valence-electron chi connectivity index (χ3n) is 5.26. The number of methoxy groups -OCH3 is 1. The topological polar surface area (TPSA) is 196 Å². The van der Waals surface area contributed by atoms with Crippen molar-refractivity contribution in [2.24, 2.45) is 16.5 Å². The summed E-state index contributed by atoms with van der Waals surface area (Å²) < 4.78 is 15.7. The Morgan fingerprint density at radius 2 is 1.94 bits per heavy atom. The Kier molecular flexibility index (Phi) is 8.55. The molecule has 2 aliphatic heterocycles. The third kappa shape index (κ3) is 5.78. The number of β-lactam (4-membered cyclic amide) rings is 1. The summed E-state index contributed by atoms with van der Waals surface area (Å²) in [7, 11) is 1.46. The number of aliphatic carboxylic acids is 1. The van der Waals surface area contributed by atoms with Gasteiger partial charge in [0.25, 0.3) is 11.6 Å². The van der Waals surface area contributed by atoms with E-state index in [1.807, 2.05) is 0 Å². The lowest BCUT2D eigenvalue weighted by Crippen LogP contribution is -2.81. The molecule has 0 aromatic heterocycles. The van der Waals surface area contributed by atoms with Crippen LogP contribution in [-0.2, 0) is 39.8 Å². The molecule has 2 atom stereocenters. The second kappa shape index (κ2) is 11.4. The summed E-state index contributed by atoms with van der Waals surface area (Å²) in [5, 5.41) is 11.6. The molecule has 36 heavy (non-hydrogen) atoms. The van der Waals surface area contributed by atoms with E-state index in [1.165, 1.54) is 25.8 Å². The lowest BCUT2D eigenvalue weighted by molar-refractivity contribution is -0.200. The fourth-order valence-electron chi connectivity index (χ4n) is 3.73. The molecule has 0 spiro atoms. The summed E-state index contributed by atoms with van der Waals surface area (Å²) in [6, 6.07) is 6.59. The van der Waals surface area contributed by atoms with Crippen LogP contribution >= 0.6 is 11.8 Å². The molecule has 14 heteroatoms. The van der Waals surface area contributed by atoms with Gasteiger partial charge in [-0.15, -0.1) is 11.8 Å². The van der Waals surface area contributed by atoms with Gasteiger partial charge in [-0.1, -0.05) is 12.1 Å². The van der Waals surface area contributed by atoms with Crippen molar-refractivity contribution >= 4 is 47.2 Å². The molecule has 0 radical (unpaired) electrons. The Morgan fingerprint density at radius 1 is 1.25 bits per heavy atom. The normalized spacial score (nSPS) is 20.8. The van der Waals surface area contributed by atoms with E-state index in [0.29, 0.717) is 11.3 Å². The number of guanidine groups is 1. The molecule has 0 saturated carbocycles. The molecule has 1 unspecified atom stereocenters. The lowest BCUT2D eigenvalue weighted by Gasteiger charge is -2.56. The number of nitrogens with two attached hydrogens (primary N) is 2. The number of amides is 2. The van der Waals surface area contributed by atoms with Gasteiger partial charge in [-0.05, 0) is 17.7 Å². The number of nitrogens with zero attached hydrogens (tertiary/aromatic N) is 2. The van der Waals surface area contributed by atoms with Crippen molar-refractivity contribution in [2.45, 2.75) is 24.4 Å². The maximum Gasteiger partial charge on any atom is 0.352 e. The SMILES string of the molecule is COCCOC1(NC(=O)Cc2ccc(N=C(N)N)cc2)C(=O)N2C(C(=O)O)=C(COC(C)=O)CS[C@@H]21. The Hall–Kier alpha value is -3.62. The molecule has 2 heterocycles. The molecule has 13 nitrogen and oxygen atoms in total. The van der Waals surface area contributed by atoms with E-state index in [2.05, 4.69) is 10.3 Å². The minimum Gasteiger partial charge on any atom is -0.477 e. The Bertz CT molecular complexity index is 1100. The van der Waals surface area contributed by atoms with Gasteiger partial charge in [-0.3, -0.25) is 19.3 Å². The number of rotatable bonds is 11. The number of esters is 1. The van der Waals surface area contributed by atoms with E-state index in [0.717, 1.165) is 4.90 Å². The maximum atomic E-state index is 13.3. The zero-order valence-corrected chi connectivity index (χ0v) is 20.5. The standard InChI is InChI=1S/C22H27N5O8S/c1-12(28)34-10-14-11-36-20-22(35-8-7-33-2,19(32)27(20)17(14)18(30)31)26-16(29)9-13-3-5-15(6-4-13)25-21(23)24/h3-6,20H,7-11H2,1-2H3,(H,26,29)(H,30,31)(H4,23,24,25)/t20-,22?/m1/s1. The molecular formula is C22H27N5O8S. The molecule has 1 aromatic rings. The molecule has 2 amide bonds. The average molecular weight is 522 g/mol. The minimum absolute atomic E-state index is 0.0208. The number of aliphatic imine (C=N–C) groups is 1. The monoisotopic (exact) mass is 521 g/mol. The summed E-state index contributed by atoms with van der Waals surface area (Å²) in [5.74, 6) is -3.13. The van der Waals surface area contributed by atoms with Crippen molar-refractivity contribution in [3.63, 3.8) is 0 Å². The van der Waals surface area contributed by atoms with Gasteiger partial charge in [0, 0.05) is 25.4 Å². The fourth-order valence-corrected chi connectivity index (χ4v) is 5.12. The summed E-state index contributed by atoms with van der Waals surface area (Å²) in [5.41, 5.74) is 10.1. The van der Waals surface area contributed by atoms with Gasteiger partial charge < -0.3 is 36.1 Å². The highest BCUT2D eigenvalue weighted by Gasteiger charge is 2.67. The number of thioether (sulfide) groups is 1. The molecule has 3 rings (SSSR count). The van der Waals surface area contributed by atoms with Gasteiger partial charge in [-0.25, -0.2) is 9.79 Å². The van der Waals surface area contributed by atoms with Crippen LogP contribution in [0.1, 0.15) is 12.5 Å². The highest BCUT2D eigenvalue weighted by molar-refractivity contribution is 8.00. The summed E-state index contributed by atoms with van der Waals surface area (Å²) in [6.07, 6.45) is -0.0819.